The summed E-state index contributed by atoms with van der Waals surface area (Å²) in [7, 11) is -1.77. The van der Waals surface area contributed by atoms with Crippen molar-refractivity contribution in [3.05, 3.63) is 53.7 Å². The van der Waals surface area contributed by atoms with Gasteiger partial charge >= 0.3 is 6.18 Å². The predicted octanol–water partition coefficient (Wildman–Crippen LogP) is 4.86. The molecule has 0 bridgehead atoms. The van der Waals surface area contributed by atoms with Crippen LogP contribution in [0.25, 0.3) is 10.9 Å². The van der Waals surface area contributed by atoms with Gasteiger partial charge in [0.2, 0.25) is 0 Å². The van der Waals surface area contributed by atoms with Gasteiger partial charge in [-0.1, -0.05) is 12.0 Å². The number of sulfone groups is 1. The van der Waals surface area contributed by atoms with Gasteiger partial charge in [0.1, 0.15) is 12.2 Å². The number of nitrogens with one attached hydrogen (secondary N) is 2. The standard InChI is InChI=1S/C26H27F5N4O2S/c1-34-11-8-17(9-12-34)33-23-6-3-7-24-20(23)13-18(35(24)16-26(29,30)31)5-4-10-32-25-21(27)14-19(15-22(25)28)38(2,36)37/h3,6-7,13-15,17,32-33H,8-12,16H2,1-2H3. The topological polar surface area (TPSA) is 66.4 Å². The highest BCUT2D eigenvalue weighted by molar-refractivity contribution is 7.90. The summed E-state index contributed by atoms with van der Waals surface area (Å²) in [5.74, 6) is 3.05. The van der Waals surface area contributed by atoms with E-state index < -0.39 is 44.8 Å². The zero-order valence-corrected chi connectivity index (χ0v) is 21.6. The SMILES string of the molecule is CN1CCC(Nc2cccc3c2cc(C#CCNc2c(F)cc(S(C)(=O)=O)cc2F)n3CC(F)(F)F)CC1. The van der Waals surface area contributed by atoms with E-state index in [4.69, 9.17) is 0 Å². The molecule has 3 aromatic rings. The second-order valence-electron chi connectivity index (χ2n) is 9.38. The number of rotatable bonds is 6. The molecule has 0 saturated carbocycles. The maximum atomic E-state index is 14.3. The molecule has 0 aliphatic carbocycles. The third kappa shape index (κ3) is 6.57. The molecular formula is C26H27F5N4O2S. The summed E-state index contributed by atoms with van der Waals surface area (Å²) in [6, 6.07) is 8.26. The first-order valence-corrected chi connectivity index (χ1v) is 13.8. The van der Waals surface area contributed by atoms with Gasteiger partial charge in [-0.2, -0.15) is 13.2 Å². The molecule has 1 aliphatic rings. The summed E-state index contributed by atoms with van der Waals surface area (Å²) in [5.41, 5.74) is 0.609. The van der Waals surface area contributed by atoms with Gasteiger partial charge < -0.3 is 20.1 Å². The zero-order valence-electron chi connectivity index (χ0n) is 20.8. The number of anilines is 2. The van der Waals surface area contributed by atoms with Crippen LogP contribution < -0.4 is 10.6 Å². The number of likely N-dealkylation sites (tertiary alicyclic amines) is 1. The van der Waals surface area contributed by atoms with Crippen molar-refractivity contribution in [3.8, 4) is 11.8 Å². The fourth-order valence-corrected chi connectivity index (χ4v) is 5.07. The van der Waals surface area contributed by atoms with Crippen LogP contribution in [0.2, 0.25) is 0 Å². The molecule has 1 aromatic heterocycles. The Balaban J connectivity index is 1.60. The van der Waals surface area contributed by atoms with E-state index in [-0.39, 0.29) is 18.3 Å². The average Bonchev–Trinajstić information content (AvgIpc) is 3.15. The van der Waals surface area contributed by atoms with Crippen LogP contribution in [0.5, 0.6) is 0 Å². The second kappa shape index (κ2) is 10.8. The monoisotopic (exact) mass is 554 g/mol. The van der Waals surface area contributed by atoms with E-state index >= 15 is 0 Å². The molecule has 1 fully saturated rings. The van der Waals surface area contributed by atoms with Crippen molar-refractivity contribution in [3.63, 3.8) is 0 Å². The van der Waals surface area contributed by atoms with Crippen LogP contribution >= 0.6 is 0 Å². The van der Waals surface area contributed by atoms with Crippen molar-refractivity contribution in [1.29, 1.82) is 0 Å². The highest BCUT2D eigenvalue weighted by atomic mass is 32.2. The van der Waals surface area contributed by atoms with Crippen molar-refractivity contribution in [2.24, 2.45) is 0 Å². The number of halogens is 5. The first-order chi connectivity index (χ1) is 17.8. The van der Waals surface area contributed by atoms with Crippen molar-refractivity contribution in [1.82, 2.24) is 9.47 Å². The van der Waals surface area contributed by atoms with E-state index in [9.17, 15) is 30.4 Å². The van der Waals surface area contributed by atoms with Crippen LogP contribution in [0.3, 0.4) is 0 Å². The highest BCUT2D eigenvalue weighted by Crippen LogP contribution is 2.31. The van der Waals surface area contributed by atoms with Gasteiger partial charge in [0.15, 0.2) is 21.5 Å². The molecule has 0 radical (unpaired) electrons. The van der Waals surface area contributed by atoms with Crippen molar-refractivity contribution in [2.45, 2.75) is 36.5 Å². The number of benzene rings is 2. The van der Waals surface area contributed by atoms with Gasteiger partial charge in [-0.25, -0.2) is 17.2 Å². The van der Waals surface area contributed by atoms with Gasteiger partial charge in [-0.05, 0) is 69.2 Å². The van der Waals surface area contributed by atoms with E-state index in [0.29, 0.717) is 28.7 Å². The van der Waals surface area contributed by atoms with Crippen LogP contribution in [0.4, 0.5) is 33.3 Å². The van der Waals surface area contributed by atoms with Crippen molar-refractivity contribution >= 4 is 32.1 Å². The Morgan fingerprint density at radius 2 is 1.74 bits per heavy atom. The number of hydrogen-bond acceptors (Lipinski definition) is 5. The lowest BCUT2D eigenvalue weighted by molar-refractivity contribution is -0.140. The van der Waals surface area contributed by atoms with Crippen LogP contribution in [-0.2, 0) is 16.4 Å². The van der Waals surface area contributed by atoms with E-state index in [1.165, 1.54) is 0 Å². The molecule has 0 amide bonds. The second-order valence-corrected chi connectivity index (χ2v) is 11.4. The maximum absolute atomic E-state index is 14.3. The molecule has 0 spiro atoms. The van der Waals surface area contributed by atoms with Crippen LogP contribution in [-0.4, -0.2) is 63.0 Å². The minimum Gasteiger partial charge on any atom is -0.382 e. The molecule has 4 rings (SSSR count). The molecule has 2 aromatic carbocycles. The summed E-state index contributed by atoms with van der Waals surface area (Å²) in [4.78, 5) is 1.71. The van der Waals surface area contributed by atoms with E-state index in [1.807, 2.05) is 13.1 Å². The van der Waals surface area contributed by atoms with Gasteiger partial charge in [-0.3, -0.25) is 0 Å². The van der Waals surface area contributed by atoms with Crippen LogP contribution in [0, 0.1) is 23.5 Å². The number of piperidine rings is 1. The Bertz CT molecular complexity index is 1470. The molecular weight excluding hydrogens is 527 g/mol. The number of aromatic nitrogens is 1. The minimum atomic E-state index is -4.49. The Morgan fingerprint density at radius 3 is 2.34 bits per heavy atom. The fourth-order valence-electron chi connectivity index (χ4n) is 4.44. The molecule has 0 unspecified atom stereocenters. The number of alkyl halides is 3. The van der Waals surface area contributed by atoms with Gasteiger partial charge in [0.25, 0.3) is 0 Å². The Kier molecular flexibility index (Phi) is 7.90. The molecule has 204 valence electrons. The van der Waals surface area contributed by atoms with Gasteiger partial charge in [0.05, 0.1) is 22.7 Å². The molecule has 1 aliphatic heterocycles. The first-order valence-electron chi connectivity index (χ1n) is 11.9. The van der Waals surface area contributed by atoms with Crippen LogP contribution in [0.15, 0.2) is 41.3 Å². The number of nitrogens with zero attached hydrogens (tertiary/aromatic N) is 2. The number of fused-ring (bicyclic) bond motifs is 1. The smallest absolute Gasteiger partial charge is 0.382 e. The van der Waals surface area contributed by atoms with Gasteiger partial charge in [-0.15, -0.1) is 0 Å². The van der Waals surface area contributed by atoms with E-state index in [1.54, 1.807) is 18.2 Å². The summed E-state index contributed by atoms with van der Waals surface area (Å²) in [5, 5.41) is 6.49. The fraction of sp³-hybridized carbons (Fsp3) is 0.385. The quantitative estimate of drug-likeness (QED) is 0.337. The lowest BCUT2D eigenvalue weighted by Gasteiger charge is -2.30. The molecule has 1 saturated heterocycles. The molecule has 12 heteroatoms. The molecule has 2 heterocycles. The van der Waals surface area contributed by atoms with Crippen molar-refractivity contribution < 1.29 is 30.4 Å². The number of hydrogen-bond donors (Lipinski definition) is 2. The molecule has 0 atom stereocenters. The van der Waals surface area contributed by atoms with Crippen molar-refractivity contribution in [2.75, 3.05) is 43.6 Å². The van der Waals surface area contributed by atoms with Gasteiger partial charge in [0, 0.05) is 23.4 Å². The summed E-state index contributed by atoms with van der Waals surface area (Å²) in [6.07, 6.45) is -1.85. The largest absolute Gasteiger partial charge is 0.406 e. The predicted molar refractivity (Wildman–Crippen MR) is 137 cm³/mol. The lowest BCUT2D eigenvalue weighted by Crippen LogP contribution is -2.36. The average molecular weight is 555 g/mol. The molecule has 38 heavy (non-hydrogen) atoms. The van der Waals surface area contributed by atoms with E-state index in [0.717, 1.165) is 36.8 Å². The summed E-state index contributed by atoms with van der Waals surface area (Å²) >= 11 is 0. The Hall–Kier alpha value is -3.30. The third-order valence-corrected chi connectivity index (χ3v) is 7.47. The molecule has 2 N–H and O–H groups in total. The Labute approximate surface area is 217 Å². The lowest BCUT2D eigenvalue weighted by atomic mass is 10.0. The van der Waals surface area contributed by atoms with E-state index in [2.05, 4.69) is 27.4 Å². The highest BCUT2D eigenvalue weighted by Gasteiger charge is 2.30. The maximum Gasteiger partial charge on any atom is 0.406 e. The normalized spacial score (nSPS) is 15.3. The third-order valence-electron chi connectivity index (χ3n) is 6.38. The molecule has 6 nitrogen and oxygen atoms in total. The zero-order chi connectivity index (χ0) is 27.7. The Morgan fingerprint density at radius 1 is 1.08 bits per heavy atom. The minimum absolute atomic E-state index is 0.102. The van der Waals surface area contributed by atoms with Crippen LogP contribution in [0.1, 0.15) is 18.5 Å². The first kappa shape index (κ1) is 27.7. The summed E-state index contributed by atoms with van der Waals surface area (Å²) in [6.45, 7) is 0.303. The summed E-state index contributed by atoms with van der Waals surface area (Å²) < 4.78 is 93.0.